The molecule has 0 bridgehead atoms. The van der Waals surface area contributed by atoms with E-state index in [1.165, 1.54) is 30.1 Å². The number of hydrogen-bond donors (Lipinski definition) is 1. The van der Waals surface area contributed by atoms with E-state index >= 15 is 0 Å². The number of nitrogens with one attached hydrogen (secondary N) is 1. The summed E-state index contributed by atoms with van der Waals surface area (Å²) < 4.78 is 30.8. The number of benzene rings is 2. The average molecular weight is 480 g/mol. The Kier molecular flexibility index (Phi) is 7.08. The molecule has 7 nitrogen and oxygen atoms in total. The first-order valence-corrected chi connectivity index (χ1v) is 12.1. The number of hydrogen-bond acceptors (Lipinski definition) is 7. The minimum absolute atomic E-state index is 0.0448. The quantitative estimate of drug-likeness (QED) is 0.378. The van der Waals surface area contributed by atoms with Crippen molar-refractivity contribution in [2.45, 2.75) is 37.8 Å². The van der Waals surface area contributed by atoms with Crippen LogP contribution in [0, 0.1) is 19.8 Å². The van der Waals surface area contributed by atoms with Gasteiger partial charge in [-0.05, 0) is 49.6 Å². The normalized spacial score (nSPS) is 18.2. The van der Waals surface area contributed by atoms with Gasteiger partial charge in [-0.2, -0.15) is 13.5 Å². The van der Waals surface area contributed by atoms with E-state index in [9.17, 15) is 13.2 Å². The molecule has 31 heavy (non-hydrogen) atoms. The monoisotopic (exact) mass is 479 g/mol. The van der Waals surface area contributed by atoms with E-state index in [0.29, 0.717) is 15.8 Å². The molecule has 0 radical (unpaired) electrons. The van der Waals surface area contributed by atoms with Gasteiger partial charge >= 0.3 is 10.1 Å². The first kappa shape index (κ1) is 23.3. The van der Waals surface area contributed by atoms with Gasteiger partial charge in [-0.3, -0.25) is 4.79 Å². The van der Waals surface area contributed by atoms with Crippen LogP contribution in [0.2, 0.25) is 5.02 Å². The van der Waals surface area contributed by atoms with Crippen molar-refractivity contribution in [3.05, 3.63) is 58.1 Å². The highest BCUT2D eigenvalue weighted by molar-refractivity contribution is 8.15. The molecule has 0 unspecified atom stereocenters. The number of carbonyl (C=O) groups excluding carboxylic acids is 1. The van der Waals surface area contributed by atoms with Crippen molar-refractivity contribution in [1.82, 2.24) is 5.32 Å². The molecule has 2 aromatic rings. The lowest BCUT2D eigenvalue weighted by Crippen LogP contribution is -2.27. The Balaban J connectivity index is 1.84. The van der Waals surface area contributed by atoms with E-state index in [1.54, 1.807) is 31.2 Å². The highest BCUT2D eigenvalue weighted by atomic mass is 35.5. The first-order chi connectivity index (χ1) is 14.6. The molecule has 0 spiro atoms. The van der Waals surface area contributed by atoms with E-state index in [0.717, 1.165) is 11.1 Å². The van der Waals surface area contributed by atoms with Crippen molar-refractivity contribution >= 4 is 50.8 Å². The Morgan fingerprint density at radius 3 is 2.58 bits per heavy atom. The number of amidine groups is 1. The van der Waals surface area contributed by atoms with Gasteiger partial charge in [0.15, 0.2) is 10.9 Å². The lowest BCUT2D eigenvalue weighted by molar-refractivity contribution is -0.119. The molecule has 1 saturated heterocycles. The fourth-order valence-corrected chi connectivity index (χ4v) is 4.91. The zero-order valence-corrected chi connectivity index (χ0v) is 19.8. The third-order valence-corrected chi connectivity index (χ3v) is 7.53. The molecule has 0 aliphatic carbocycles. The van der Waals surface area contributed by atoms with Gasteiger partial charge < -0.3 is 9.50 Å². The van der Waals surface area contributed by atoms with Crippen molar-refractivity contribution in [2.24, 2.45) is 16.1 Å². The van der Waals surface area contributed by atoms with Gasteiger partial charge in [0, 0.05) is 10.6 Å². The highest BCUT2D eigenvalue weighted by Crippen LogP contribution is 2.27. The molecule has 1 aliphatic rings. The van der Waals surface area contributed by atoms with E-state index < -0.39 is 10.1 Å². The standard InChI is InChI=1S/C21H22ClN3O4S2/c1-12(2)19-20(26)24-21(30-19)25-23-11-15-9-13(3)5-8-18(15)29-31(27,28)16-7-6-14(4)17(22)10-16/h5-12,19H,1-4H3,(H,24,25,26)/b23-11-/t19-/m0/s1. The zero-order chi connectivity index (χ0) is 22.8. The molecule has 164 valence electrons. The fraction of sp³-hybridized carbons (Fsp3) is 0.286. The molecule has 1 fully saturated rings. The van der Waals surface area contributed by atoms with Gasteiger partial charge in [-0.15, -0.1) is 5.10 Å². The van der Waals surface area contributed by atoms with Gasteiger partial charge in [0.05, 0.1) is 11.5 Å². The van der Waals surface area contributed by atoms with Gasteiger partial charge in [-0.1, -0.05) is 54.9 Å². The summed E-state index contributed by atoms with van der Waals surface area (Å²) >= 11 is 7.37. The summed E-state index contributed by atoms with van der Waals surface area (Å²) in [4.78, 5) is 11.9. The fourth-order valence-electron chi connectivity index (χ4n) is 2.75. The molecular formula is C21H22ClN3O4S2. The number of rotatable bonds is 6. The summed E-state index contributed by atoms with van der Waals surface area (Å²) in [5, 5.41) is 11.3. The second-order valence-electron chi connectivity index (χ2n) is 7.41. The topological polar surface area (TPSA) is 97.2 Å². The lowest BCUT2D eigenvalue weighted by Gasteiger charge is -2.10. The number of thioether (sulfide) groups is 1. The summed E-state index contributed by atoms with van der Waals surface area (Å²) in [6, 6.07) is 9.42. The largest absolute Gasteiger partial charge is 0.378 e. The molecule has 1 atom stereocenters. The van der Waals surface area contributed by atoms with Crippen LogP contribution in [0.4, 0.5) is 0 Å². The van der Waals surface area contributed by atoms with E-state index in [1.807, 2.05) is 20.8 Å². The van der Waals surface area contributed by atoms with Crippen LogP contribution in [0.25, 0.3) is 0 Å². The molecule has 0 saturated carbocycles. The van der Waals surface area contributed by atoms with Crippen LogP contribution >= 0.6 is 23.4 Å². The Morgan fingerprint density at radius 2 is 1.94 bits per heavy atom. The maximum Gasteiger partial charge on any atom is 0.339 e. The number of nitrogens with zero attached hydrogens (tertiary/aromatic N) is 2. The molecular weight excluding hydrogens is 458 g/mol. The van der Waals surface area contributed by atoms with E-state index in [-0.39, 0.29) is 27.7 Å². The van der Waals surface area contributed by atoms with Crippen LogP contribution in [-0.4, -0.2) is 31.0 Å². The molecule has 2 aromatic carbocycles. The van der Waals surface area contributed by atoms with Crippen molar-refractivity contribution in [1.29, 1.82) is 0 Å². The Bertz CT molecular complexity index is 1180. The second kappa shape index (κ2) is 9.42. The van der Waals surface area contributed by atoms with E-state index in [4.69, 9.17) is 15.8 Å². The van der Waals surface area contributed by atoms with Crippen LogP contribution in [-0.2, 0) is 14.9 Å². The van der Waals surface area contributed by atoms with Gasteiger partial charge in [0.1, 0.15) is 4.90 Å². The van der Waals surface area contributed by atoms with Crippen LogP contribution in [0.5, 0.6) is 5.75 Å². The van der Waals surface area contributed by atoms with E-state index in [2.05, 4.69) is 15.5 Å². The minimum Gasteiger partial charge on any atom is -0.378 e. The van der Waals surface area contributed by atoms with Gasteiger partial charge in [0.2, 0.25) is 5.91 Å². The van der Waals surface area contributed by atoms with Crippen LogP contribution in [0.15, 0.2) is 51.5 Å². The summed E-state index contributed by atoms with van der Waals surface area (Å²) in [6.45, 7) is 7.56. The van der Waals surface area contributed by atoms with Crippen molar-refractivity contribution < 1.29 is 17.4 Å². The summed E-state index contributed by atoms with van der Waals surface area (Å²) in [5.41, 5.74) is 2.08. The molecule has 1 amide bonds. The van der Waals surface area contributed by atoms with Crippen molar-refractivity contribution in [2.75, 3.05) is 0 Å². The Hall–Kier alpha value is -2.36. The maximum atomic E-state index is 12.7. The second-order valence-corrected chi connectivity index (χ2v) is 10.5. The average Bonchev–Trinajstić information content (AvgIpc) is 3.06. The van der Waals surface area contributed by atoms with Crippen LogP contribution in [0.1, 0.15) is 30.5 Å². The number of halogens is 1. The van der Waals surface area contributed by atoms with Crippen LogP contribution < -0.4 is 9.50 Å². The third-order valence-electron chi connectivity index (χ3n) is 4.47. The first-order valence-electron chi connectivity index (χ1n) is 9.46. The number of aryl methyl sites for hydroxylation is 2. The Morgan fingerprint density at radius 1 is 1.19 bits per heavy atom. The smallest absolute Gasteiger partial charge is 0.339 e. The maximum absolute atomic E-state index is 12.7. The summed E-state index contributed by atoms with van der Waals surface area (Å²) in [6.07, 6.45) is 1.39. The molecule has 0 aromatic heterocycles. The van der Waals surface area contributed by atoms with Crippen molar-refractivity contribution in [3.8, 4) is 5.75 Å². The predicted octanol–water partition coefficient (Wildman–Crippen LogP) is 4.30. The summed E-state index contributed by atoms with van der Waals surface area (Å²) in [7, 11) is -4.10. The number of carbonyl (C=O) groups is 1. The number of amides is 1. The predicted molar refractivity (Wildman–Crippen MR) is 125 cm³/mol. The molecule has 3 rings (SSSR count). The van der Waals surface area contributed by atoms with Crippen molar-refractivity contribution in [3.63, 3.8) is 0 Å². The van der Waals surface area contributed by atoms with Crippen LogP contribution in [0.3, 0.4) is 0 Å². The summed E-state index contributed by atoms with van der Waals surface area (Å²) in [5.74, 6) is 0.171. The Labute approximate surface area is 191 Å². The third kappa shape index (κ3) is 5.66. The van der Waals surface area contributed by atoms with Gasteiger partial charge in [-0.25, -0.2) is 0 Å². The molecule has 10 heteroatoms. The molecule has 1 aliphatic heterocycles. The highest BCUT2D eigenvalue weighted by Gasteiger charge is 2.32. The molecule has 1 N–H and O–H groups in total. The zero-order valence-electron chi connectivity index (χ0n) is 17.4. The van der Waals surface area contributed by atoms with Gasteiger partial charge in [0.25, 0.3) is 0 Å². The molecule has 1 heterocycles. The lowest BCUT2D eigenvalue weighted by atomic mass is 10.1. The minimum atomic E-state index is -4.10. The SMILES string of the molecule is Cc1ccc(OS(=O)(=O)c2ccc(C)c(Cl)c2)c(/C=N\N=C2\NC(=O)[C@H](C(C)C)S2)c1.